The fourth-order valence-electron chi connectivity index (χ4n) is 2.49. The fourth-order valence-corrected chi connectivity index (χ4v) is 2.49. The quantitative estimate of drug-likeness (QED) is 0.889. The van der Waals surface area contributed by atoms with Crippen LogP contribution in [0.3, 0.4) is 0 Å². The van der Waals surface area contributed by atoms with Gasteiger partial charge in [0.2, 0.25) is 5.91 Å². The number of aliphatic imine (C=N–C) groups is 1. The predicted molar refractivity (Wildman–Crippen MR) is 95.5 cm³/mol. The summed E-state index contributed by atoms with van der Waals surface area (Å²) in [5.41, 5.74) is 2.97. The number of carbonyl (C=O) groups is 1. The second kappa shape index (κ2) is 7.64. The highest BCUT2D eigenvalue weighted by Gasteiger charge is 2.06. The topological polar surface area (TPSA) is 62.7 Å². The number of benzene rings is 2. The van der Waals surface area contributed by atoms with Crippen LogP contribution < -0.4 is 15.4 Å². The Labute approximate surface area is 141 Å². The van der Waals surface area contributed by atoms with E-state index in [0.29, 0.717) is 6.61 Å². The molecule has 1 aliphatic rings. The van der Waals surface area contributed by atoms with Crippen LogP contribution in [-0.2, 0) is 11.4 Å². The zero-order chi connectivity index (χ0) is 16.8. The summed E-state index contributed by atoms with van der Waals surface area (Å²) in [5, 5.41) is 6.05. The van der Waals surface area contributed by atoms with Crippen molar-refractivity contribution in [2.24, 2.45) is 4.99 Å². The van der Waals surface area contributed by atoms with Crippen LogP contribution in [0.1, 0.15) is 24.5 Å². The summed E-state index contributed by atoms with van der Waals surface area (Å²) >= 11 is 0. The average molecular weight is 323 g/mol. The normalized spacial score (nSPS) is 13.6. The number of anilines is 1. The van der Waals surface area contributed by atoms with Crippen LogP contribution in [0.15, 0.2) is 53.5 Å². The van der Waals surface area contributed by atoms with E-state index in [-0.39, 0.29) is 5.91 Å². The molecule has 0 unspecified atom stereocenters. The van der Waals surface area contributed by atoms with E-state index < -0.39 is 0 Å². The molecule has 3 rings (SSSR count). The van der Waals surface area contributed by atoms with Gasteiger partial charge in [-0.05, 0) is 36.2 Å². The maximum absolute atomic E-state index is 11.0. The number of nitrogens with one attached hydrogen (secondary N) is 2. The van der Waals surface area contributed by atoms with E-state index in [2.05, 4.69) is 39.9 Å². The molecule has 2 N–H and O–H groups in total. The first kappa shape index (κ1) is 16.1. The molecule has 0 spiro atoms. The molecule has 0 aliphatic carbocycles. The van der Waals surface area contributed by atoms with Crippen molar-refractivity contribution in [3.63, 3.8) is 0 Å². The van der Waals surface area contributed by atoms with Gasteiger partial charge >= 0.3 is 0 Å². The van der Waals surface area contributed by atoms with E-state index >= 15 is 0 Å². The largest absolute Gasteiger partial charge is 0.489 e. The molecule has 5 heteroatoms. The second-order valence-corrected chi connectivity index (χ2v) is 5.70. The van der Waals surface area contributed by atoms with Gasteiger partial charge in [-0.2, -0.15) is 0 Å². The molecular weight excluding hydrogens is 302 g/mol. The smallest absolute Gasteiger partial charge is 0.221 e. The third-order valence-corrected chi connectivity index (χ3v) is 3.70. The Hall–Kier alpha value is -2.82. The molecule has 24 heavy (non-hydrogen) atoms. The summed E-state index contributed by atoms with van der Waals surface area (Å²) in [4.78, 5) is 15.5. The van der Waals surface area contributed by atoms with Crippen LogP contribution in [0.4, 0.5) is 5.69 Å². The molecule has 0 fully saturated rings. The Kier molecular flexibility index (Phi) is 5.11. The van der Waals surface area contributed by atoms with E-state index in [0.717, 1.165) is 47.9 Å². The van der Waals surface area contributed by atoms with Crippen LogP contribution in [-0.4, -0.2) is 24.8 Å². The molecule has 0 radical (unpaired) electrons. The van der Waals surface area contributed by atoms with E-state index in [1.807, 2.05) is 24.3 Å². The van der Waals surface area contributed by atoms with Gasteiger partial charge in [0.1, 0.15) is 18.2 Å². The van der Waals surface area contributed by atoms with Crippen molar-refractivity contribution in [3.05, 3.63) is 59.7 Å². The van der Waals surface area contributed by atoms with E-state index in [1.54, 1.807) is 0 Å². The van der Waals surface area contributed by atoms with Gasteiger partial charge in [-0.25, -0.2) is 0 Å². The second-order valence-electron chi connectivity index (χ2n) is 5.70. The standard InChI is InChI=1S/C19H21N3O2/c1-14(23)22-17-7-9-18(10-8-17)24-13-15-3-5-16(6-4-15)19-20-11-2-12-21-19/h3-10H,2,11-13H2,1H3,(H,20,21)(H,22,23). The maximum Gasteiger partial charge on any atom is 0.221 e. The van der Waals surface area contributed by atoms with Crippen molar-refractivity contribution in [2.45, 2.75) is 20.0 Å². The number of carbonyl (C=O) groups excluding carboxylic acids is 1. The first-order valence-corrected chi connectivity index (χ1v) is 8.09. The average Bonchev–Trinajstić information content (AvgIpc) is 2.62. The van der Waals surface area contributed by atoms with Crippen molar-refractivity contribution in [2.75, 3.05) is 18.4 Å². The number of hydrogen-bond donors (Lipinski definition) is 2. The first-order valence-electron chi connectivity index (χ1n) is 8.09. The number of amidine groups is 1. The molecule has 1 amide bonds. The van der Waals surface area contributed by atoms with Gasteiger partial charge < -0.3 is 15.4 Å². The molecule has 0 saturated carbocycles. The molecule has 0 atom stereocenters. The Morgan fingerprint density at radius 3 is 2.54 bits per heavy atom. The molecule has 0 saturated heterocycles. The first-order chi connectivity index (χ1) is 11.7. The molecule has 1 heterocycles. The maximum atomic E-state index is 11.0. The van der Waals surface area contributed by atoms with Crippen molar-refractivity contribution >= 4 is 17.4 Å². The highest BCUT2D eigenvalue weighted by atomic mass is 16.5. The monoisotopic (exact) mass is 323 g/mol. The highest BCUT2D eigenvalue weighted by molar-refractivity contribution is 5.99. The molecule has 2 aromatic carbocycles. The Morgan fingerprint density at radius 1 is 1.17 bits per heavy atom. The van der Waals surface area contributed by atoms with Crippen LogP contribution >= 0.6 is 0 Å². The summed E-state index contributed by atoms with van der Waals surface area (Å²) in [5.74, 6) is 1.66. The zero-order valence-corrected chi connectivity index (χ0v) is 13.7. The van der Waals surface area contributed by atoms with Gasteiger partial charge in [0.15, 0.2) is 0 Å². The number of nitrogens with zero attached hydrogens (tertiary/aromatic N) is 1. The third-order valence-electron chi connectivity index (χ3n) is 3.70. The molecule has 0 bridgehead atoms. The van der Waals surface area contributed by atoms with Gasteiger partial charge in [0, 0.05) is 31.3 Å². The van der Waals surface area contributed by atoms with Gasteiger partial charge in [0.25, 0.3) is 0 Å². The minimum atomic E-state index is -0.0826. The van der Waals surface area contributed by atoms with E-state index in [9.17, 15) is 4.79 Å². The lowest BCUT2D eigenvalue weighted by Crippen LogP contribution is -2.30. The predicted octanol–water partition coefficient (Wildman–Crippen LogP) is 2.96. The molecule has 5 nitrogen and oxygen atoms in total. The van der Waals surface area contributed by atoms with E-state index in [4.69, 9.17) is 4.74 Å². The molecule has 2 aromatic rings. The summed E-state index contributed by atoms with van der Waals surface area (Å²) in [6, 6.07) is 15.6. The van der Waals surface area contributed by atoms with Crippen LogP contribution in [0, 0.1) is 0 Å². The van der Waals surface area contributed by atoms with E-state index in [1.165, 1.54) is 6.92 Å². The van der Waals surface area contributed by atoms with Crippen molar-refractivity contribution in [3.8, 4) is 5.75 Å². The molecule has 124 valence electrons. The number of amides is 1. The molecular formula is C19H21N3O2. The van der Waals surface area contributed by atoms with Gasteiger partial charge in [-0.3, -0.25) is 9.79 Å². The number of hydrogen-bond acceptors (Lipinski definition) is 4. The Balaban J connectivity index is 1.56. The number of ether oxygens (including phenoxy) is 1. The highest BCUT2D eigenvalue weighted by Crippen LogP contribution is 2.17. The van der Waals surface area contributed by atoms with Gasteiger partial charge in [0.05, 0.1) is 0 Å². The lowest BCUT2D eigenvalue weighted by atomic mass is 10.1. The summed E-state index contributed by atoms with van der Waals surface area (Å²) in [6.07, 6.45) is 1.09. The minimum Gasteiger partial charge on any atom is -0.489 e. The summed E-state index contributed by atoms with van der Waals surface area (Å²) in [7, 11) is 0. The van der Waals surface area contributed by atoms with Crippen LogP contribution in [0.25, 0.3) is 0 Å². The van der Waals surface area contributed by atoms with Gasteiger partial charge in [-0.15, -0.1) is 0 Å². The Morgan fingerprint density at radius 2 is 1.92 bits per heavy atom. The summed E-state index contributed by atoms with van der Waals surface area (Å²) < 4.78 is 5.78. The lowest BCUT2D eigenvalue weighted by molar-refractivity contribution is -0.114. The van der Waals surface area contributed by atoms with Gasteiger partial charge in [-0.1, -0.05) is 24.3 Å². The van der Waals surface area contributed by atoms with Crippen molar-refractivity contribution in [1.29, 1.82) is 0 Å². The van der Waals surface area contributed by atoms with Crippen molar-refractivity contribution in [1.82, 2.24) is 5.32 Å². The van der Waals surface area contributed by atoms with Crippen LogP contribution in [0.5, 0.6) is 5.75 Å². The fraction of sp³-hybridized carbons (Fsp3) is 0.263. The number of rotatable bonds is 5. The minimum absolute atomic E-state index is 0.0826. The zero-order valence-electron chi connectivity index (χ0n) is 13.7. The van der Waals surface area contributed by atoms with Crippen LogP contribution in [0.2, 0.25) is 0 Å². The third kappa shape index (κ3) is 4.35. The van der Waals surface area contributed by atoms with Crippen molar-refractivity contribution < 1.29 is 9.53 Å². The lowest BCUT2D eigenvalue weighted by Gasteiger charge is -2.15. The molecule has 1 aliphatic heterocycles. The SMILES string of the molecule is CC(=O)Nc1ccc(OCc2ccc(C3=NCCCN3)cc2)cc1. The molecule has 0 aromatic heterocycles. The summed E-state index contributed by atoms with van der Waals surface area (Å²) in [6.45, 7) is 3.86. The Bertz CT molecular complexity index is 721.